The summed E-state index contributed by atoms with van der Waals surface area (Å²) in [6.07, 6.45) is -0.165. The molecule has 0 heterocycles. The van der Waals surface area contributed by atoms with Crippen LogP contribution in [0.15, 0.2) is 42.5 Å². The van der Waals surface area contributed by atoms with Crippen LogP contribution in [0.4, 0.5) is 5.69 Å². The predicted octanol–water partition coefficient (Wildman–Crippen LogP) is 3.72. The first-order valence-electron chi connectivity index (χ1n) is 7.25. The molecule has 0 radical (unpaired) electrons. The molecule has 2 aromatic carbocycles. The van der Waals surface area contributed by atoms with Gasteiger partial charge in [-0.1, -0.05) is 24.3 Å². The van der Waals surface area contributed by atoms with Crippen molar-refractivity contribution in [2.24, 2.45) is 0 Å². The van der Waals surface area contributed by atoms with Gasteiger partial charge >= 0.3 is 5.97 Å². The van der Waals surface area contributed by atoms with Crippen LogP contribution in [0, 0.1) is 6.92 Å². The maximum atomic E-state index is 11.9. The Balaban J connectivity index is 2.14. The van der Waals surface area contributed by atoms with Gasteiger partial charge in [0, 0.05) is 0 Å². The maximum absolute atomic E-state index is 11.9. The summed E-state index contributed by atoms with van der Waals surface area (Å²) in [6, 6.07) is 12.9. The summed E-state index contributed by atoms with van der Waals surface area (Å²) in [5.74, 6) is 0.109. The van der Waals surface area contributed by atoms with Crippen molar-refractivity contribution in [2.45, 2.75) is 33.5 Å². The highest BCUT2D eigenvalue weighted by molar-refractivity contribution is 5.90. The summed E-state index contributed by atoms with van der Waals surface area (Å²) >= 11 is 0. The highest BCUT2D eigenvalue weighted by Gasteiger charge is 2.12. The smallest absolute Gasteiger partial charge is 0.338 e. The standard InChI is InChI=1S/C18H21NO3/c1-12(2)22-18(20)14-8-9-16(19)17(10-14)21-11-15-7-5-4-6-13(15)3/h4-10,12H,11,19H2,1-3H3. The Morgan fingerprint density at radius 1 is 1.18 bits per heavy atom. The summed E-state index contributed by atoms with van der Waals surface area (Å²) in [5.41, 5.74) is 9.07. The van der Waals surface area contributed by atoms with E-state index in [0.29, 0.717) is 23.6 Å². The van der Waals surface area contributed by atoms with Gasteiger partial charge in [0.15, 0.2) is 0 Å². The van der Waals surface area contributed by atoms with E-state index in [-0.39, 0.29) is 12.1 Å². The van der Waals surface area contributed by atoms with Crippen LogP contribution in [0.3, 0.4) is 0 Å². The van der Waals surface area contributed by atoms with Gasteiger partial charge in [-0.3, -0.25) is 0 Å². The molecule has 4 heteroatoms. The van der Waals surface area contributed by atoms with Crippen molar-refractivity contribution in [1.82, 2.24) is 0 Å². The number of rotatable bonds is 5. The number of hydrogen-bond donors (Lipinski definition) is 1. The number of nitrogens with two attached hydrogens (primary N) is 1. The highest BCUT2D eigenvalue weighted by Crippen LogP contribution is 2.25. The van der Waals surface area contributed by atoms with Crippen LogP contribution in [-0.4, -0.2) is 12.1 Å². The van der Waals surface area contributed by atoms with Crippen LogP contribution in [0.5, 0.6) is 5.75 Å². The zero-order valence-electron chi connectivity index (χ0n) is 13.1. The molecule has 0 amide bonds. The lowest BCUT2D eigenvalue weighted by atomic mass is 10.1. The molecule has 22 heavy (non-hydrogen) atoms. The summed E-state index contributed by atoms with van der Waals surface area (Å²) in [6.45, 7) is 6.05. The van der Waals surface area contributed by atoms with E-state index in [1.165, 1.54) is 0 Å². The van der Waals surface area contributed by atoms with E-state index in [1.54, 1.807) is 18.2 Å². The molecule has 0 spiro atoms. The number of ether oxygens (including phenoxy) is 2. The van der Waals surface area contributed by atoms with E-state index in [1.807, 2.05) is 45.0 Å². The van der Waals surface area contributed by atoms with Crippen LogP contribution < -0.4 is 10.5 Å². The van der Waals surface area contributed by atoms with Gasteiger partial charge in [-0.2, -0.15) is 0 Å². The molecule has 2 aromatic rings. The zero-order chi connectivity index (χ0) is 16.1. The number of nitrogen functional groups attached to an aromatic ring is 1. The van der Waals surface area contributed by atoms with Gasteiger partial charge in [0.1, 0.15) is 12.4 Å². The Morgan fingerprint density at radius 2 is 1.91 bits per heavy atom. The molecule has 0 aliphatic rings. The number of carbonyl (C=O) groups is 1. The average Bonchev–Trinajstić information content (AvgIpc) is 2.47. The SMILES string of the molecule is Cc1ccccc1COc1cc(C(=O)OC(C)C)ccc1N. The van der Waals surface area contributed by atoms with Crippen LogP contribution >= 0.6 is 0 Å². The third kappa shape index (κ3) is 4.01. The molecule has 2 rings (SSSR count). The second-order valence-electron chi connectivity index (χ2n) is 5.42. The zero-order valence-corrected chi connectivity index (χ0v) is 13.1. The average molecular weight is 299 g/mol. The molecule has 0 aliphatic carbocycles. The second kappa shape index (κ2) is 6.98. The largest absolute Gasteiger partial charge is 0.487 e. The Labute approximate surface area is 130 Å². The molecule has 0 fully saturated rings. The summed E-state index contributed by atoms with van der Waals surface area (Å²) < 4.78 is 10.9. The van der Waals surface area contributed by atoms with Crippen molar-refractivity contribution in [3.8, 4) is 5.75 Å². The van der Waals surface area contributed by atoms with Crippen molar-refractivity contribution in [2.75, 3.05) is 5.73 Å². The van der Waals surface area contributed by atoms with Crippen molar-refractivity contribution in [1.29, 1.82) is 0 Å². The normalized spacial score (nSPS) is 10.5. The lowest BCUT2D eigenvalue weighted by Crippen LogP contribution is -2.12. The number of aryl methyl sites for hydroxylation is 1. The fourth-order valence-electron chi connectivity index (χ4n) is 2.00. The van der Waals surface area contributed by atoms with Crippen LogP contribution in [0.2, 0.25) is 0 Å². The van der Waals surface area contributed by atoms with E-state index in [0.717, 1.165) is 11.1 Å². The van der Waals surface area contributed by atoms with E-state index >= 15 is 0 Å². The number of carbonyl (C=O) groups excluding carboxylic acids is 1. The second-order valence-corrected chi connectivity index (χ2v) is 5.42. The van der Waals surface area contributed by atoms with Crippen molar-refractivity contribution in [3.63, 3.8) is 0 Å². The molecule has 0 saturated heterocycles. The van der Waals surface area contributed by atoms with Gasteiger partial charge in [-0.15, -0.1) is 0 Å². The Hall–Kier alpha value is -2.49. The van der Waals surface area contributed by atoms with Crippen molar-refractivity contribution >= 4 is 11.7 Å². The number of benzene rings is 2. The van der Waals surface area contributed by atoms with Crippen LogP contribution in [-0.2, 0) is 11.3 Å². The van der Waals surface area contributed by atoms with Crippen LogP contribution in [0.25, 0.3) is 0 Å². The van der Waals surface area contributed by atoms with Gasteiger partial charge in [0.25, 0.3) is 0 Å². The predicted molar refractivity (Wildman–Crippen MR) is 86.9 cm³/mol. The first-order chi connectivity index (χ1) is 10.5. The van der Waals surface area contributed by atoms with E-state index in [9.17, 15) is 4.79 Å². The lowest BCUT2D eigenvalue weighted by Gasteiger charge is -2.13. The lowest BCUT2D eigenvalue weighted by molar-refractivity contribution is 0.0377. The molecule has 2 N–H and O–H groups in total. The highest BCUT2D eigenvalue weighted by atomic mass is 16.5. The summed E-state index contributed by atoms with van der Waals surface area (Å²) in [7, 11) is 0. The van der Waals surface area contributed by atoms with E-state index in [4.69, 9.17) is 15.2 Å². The van der Waals surface area contributed by atoms with Gasteiger partial charge in [0.2, 0.25) is 0 Å². The summed E-state index contributed by atoms with van der Waals surface area (Å²) in [4.78, 5) is 11.9. The quantitative estimate of drug-likeness (QED) is 0.675. The molecule has 0 unspecified atom stereocenters. The minimum atomic E-state index is -0.379. The molecule has 0 saturated carbocycles. The Bertz CT molecular complexity index is 665. The molecule has 116 valence electrons. The van der Waals surface area contributed by atoms with Gasteiger partial charge < -0.3 is 15.2 Å². The molecule has 0 atom stereocenters. The Morgan fingerprint density at radius 3 is 2.59 bits per heavy atom. The molecule has 0 bridgehead atoms. The van der Waals surface area contributed by atoms with Gasteiger partial charge in [0.05, 0.1) is 17.4 Å². The Kier molecular flexibility index (Phi) is 5.04. The number of anilines is 1. The van der Waals surface area contributed by atoms with Crippen LogP contribution in [0.1, 0.15) is 35.3 Å². The third-order valence-electron chi connectivity index (χ3n) is 3.24. The fraction of sp³-hybridized carbons (Fsp3) is 0.278. The van der Waals surface area contributed by atoms with Crippen molar-refractivity contribution in [3.05, 3.63) is 59.2 Å². The minimum Gasteiger partial charge on any atom is -0.487 e. The summed E-state index contributed by atoms with van der Waals surface area (Å²) in [5, 5.41) is 0. The molecule has 4 nitrogen and oxygen atoms in total. The molecular formula is C18H21NO3. The van der Waals surface area contributed by atoms with Gasteiger partial charge in [-0.25, -0.2) is 4.79 Å². The number of hydrogen-bond acceptors (Lipinski definition) is 4. The maximum Gasteiger partial charge on any atom is 0.338 e. The van der Waals surface area contributed by atoms with E-state index in [2.05, 4.69) is 0 Å². The first-order valence-corrected chi connectivity index (χ1v) is 7.25. The van der Waals surface area contributed by atoms with E-state index < -0.39 is 0 Å². The topological polar surface area (TPSA) is 61.5 Å². The van der Waals surface area contributed by atoms with Gasteiger partial charge in [-0.05, 0) is 50.1 Å². The number of esters is 1. The fourth-order valence-corrected chi connectivity index (χ4v) is 2.00. The molecule has 0 aliphatic heterocycles. The molecule has 0 aromatic heterocycles. The third-order valence-corrected chi connectivity index (χ3v) is 3.24. The van der Waals surface area contributed by atoms with Crippen molar-refractivity contribution < 1.29 is 14.3 Å². The molecular weight excluding hydrogens is 278 g/mol. The minimum absolute atomic E-state index is 0.165. The first kappa shape index (κ1) is 15.9. The monoisotopic (exact) mass is 299 g/mol.